The van der Waals surface area contributed by atoms with Crippen LogP contribution in [0.1, 0.15) is 12.5 Å². The van der Waals surface area contributed by atoms with Gasteiger partial charge >= 0.3 is 5.97 Å². The van der Waals surface area contributed by atoms with Gasteiger partial charge in [0.15, 0.2) is 0 Å². The molecule has 94 valence electrons. The standard InChI is InChI=1S/C13H19NO3/c1-13(10-16-2,12(15)17-3)14-9-11-7-5-4-6-8-11/h4-8,14H,9-10H2,1-3H3. The van der Waals surface area contributed by atoms with Crippen LogP contribution in [0.15, 0.2) is 30.3 Å². The summed E-state index contributed by atoms with van der Waals surface area (Å²) in [5.74, 6) is -0.324. The Hall–Kier alpha value is -1.39. The predicted molar refractivity (Wildman–Crippen MR) is 65.6 cm³/mol. The Labute approximate surface area is 102 Å². The number of rotatable bonds is 6. The maximum atomic E-state index is 11.7. The van der Waals surface area contributed by atoms with Gasteiger partial charge in [-0.05, 0) is 12.5 Å². The lowest BCUT2D eigenvalue weighted by atomic mass is 10.0. The summed E-state index contributed by atoms with van der Waals surface area (Å²) in [6, 6.07) is 9.87. The minimum Gasteiger partial charge on any atom is -0.468 e. The first-order chi connectivity index (χ1) is 8.12. The Morgan fingerprint density at radius 3 is 2.47 bits per heavy atom. The largest absolute Gasteiger partial charge is 0.468 e. The summed E-state index contributed by atoms with van der Waals surface area (Å²) in [6.07, 6.45) is 0. The van der Waals surface area contributed by atoms with Crippen LogP contribution >= 0.6 is 0 Å². The Morgan fingerprint density at radius 2 is 1.94 bits per heavy atom. The molecule has 0 aliphatic carbocycles. The van der Waals surface area contributed by atoms with E-state index in [4.69, 9.17) is 9.47 Å². The molecule has 4 heteroatoms. The third-order valence-corrected chi connectivity index (χ3v) is 2.59. The fourth-order valence-corrected chi connectivity index (χ4v) is 1.59. The molecular formula is C13H19NO3. The van der Waals surface area contributed by atoms with Crippen LogP contribution in [-0.4, -0.2) is 32.3 Å². The number of carbonyl (C=O) groups excluding carboxylic acids is 1. The van der Waals surface area contributed by atoms with Crippen molar-refractivity contribution in [3.8, 4) is 0 Å². The summed E-state index contributed by atoms with van der Waals surface area (Å²) in [5.41, 5.74) is 0.290. The molecule has 0 saturated carbocycles. The molecule has 0 amide bonds. The van der Waals surface area contributed by atoms with Crippen LogP contribution in [0.2, 0.25) is 0 Å². The maximum Gasteiger partial charge on any atom is 0.328 e. The number of benzene rings is 1. The summed E-state index contributed by atoms with van der Waals surface area (Å²) < 4.78 is 9.83. The molecule has 0 aliphatic heterocycles. The lowest BCUT2D eigenvalue weighted by molar-refractivity contribution is -0.150. The van der Waals surface area contributed by atoms with Crippen LogP contribution < -0.4 is 5.32 Å². The van der Waals surface area contributed by atoms with Crippen LogP contribution in [0.5, 0.6) is 0 Å². The third-order valence-electron chi connectivity index (χ3n) is 2.59. The molecule has 0 spiro atoms. The van der Waals surface area contributed by atoms with E-state index in [0.29, 0.717) is 6.54 Å². The molecule has 17 heavy (non-hydrogen) atoms. The van der Waals surface area contributed by atoms with E-state index < -0.39 is 5.54 Å². The van der Waals surface area contributed by atoms with Gasteiger partial charge < -0.3 is 9.47 Å². The first-order valence-electron chi connectivity index (χ1n) is 5.48. The van der Waals surface area contributed by atoms with Gasteiger partial charge in [-0.25, -0.2) is 4.79 Å². The van der Waals surface area contributed by atoms with Crippen LogP contribution in [-0.2, 0) is 20.8 Å². The average Bonchev–Trinajstić information content (AvgIpc) is 2.37. The molecule has 1 atom stereocenters. The molecule has 1 aromatic carbocycles. The Kier molecular flexibility index (Phi) is 5.12. The normalized spacial score (nSPS) is 14.1. The molecule has 0 saturated heterocycles. The first-order valence-corrected chi connectivity index (χ1v) is 5.48. The molecular weight excluding hydrogens is 218 g/mol. The van der Waals surface area contributed by atoms with E-state index in [-0.39, 0.29) is 12.6 Å². The topological polar surface area (TPSA) is 47.6 Å². The van der Waals surface area contributed by atoms with E-state index in [1.165, 1.54) is 7.11 Å². The molecule has 0 fully saturated rings. The number of hydrogen-bond donors (Lipinski definition) is 1. The highest BCUT2D eigenvalue weighted by Crippen LogP contribution is 2.09. The fraction of sp³-hybridized carbons (Fsp3) is 0.462. The van der Waals surface area contributed by atoms with Crippen molar-refractivity contribution in [1.29, 1.82) is 0 Å². The first kappa shape index (κ1) is 13.7. The highest BCUT2D eigenvalue weighted by molar-refractivity contribution is 5.80. The van der Waals surface area contributed by atoms with E-state index >= 15 is 0 Å². The Balaban J connectivity index is 2.64. The van der Waals surface area contributed by atoms with Crippen molar-refractivity contribution in [3.05, 3.63) is 35.9 Å². The monoisotopic (exact) mass is 237 g/mol. The average molecular weight is 237 g/mol. The van der Waals surface area contributed by atoms with Crippen molar-refractivity contribution in [3.63, 3.8) is 0 Å². The van der Waals surface area contributed by atoms with Gasteiger partial charge in [0.2, 0.25) is 0 Å². The van der Waals surface area contributed by atoms with E-state index in [1.54, 1.807) is 14.0 Å². The molecule has 0 radical (unpaired) electrons. The number of esters is 1. The van der Waals surface area contributed by atoms with Gasteiger partial charge in [0.25, 0.3) is 0 Å². The molecule has 1 N–H and O–H groups in total. The van der Waals surface area contributed by atoms with Crippen LogP contribution in [0.4, 0.5) is 0 Å². The lowest BCUT2D eigenvalue weighted by Crippen LogP contribution is -2.53. The van der Waals surface area contributed by atoms with Gasteiger partial charge in [0.05, 0.1) is 13.7 Å². The minimum absolute atomic E-state index is 0.270. The van der Waals surface area contributed by atoms with Crippen molar-refractivity contribution >= 4 is 5.97 Å². The zero-order valence-electron chi connectivity index (χ0n) is 10.5. The zero-order valence-corrected chi connectivity index (χ0v) is 10.5. The predicted octanol–water partition coefficient (Wildman–Crippen LogP) is 1.35. The van der Waals surface area contributed by atoms with Crippen molar-refractivity contribution < 1.29 is 14.3 Å². The van der Waals surface area contributed by atoms with Gasteiger partial charge in [-0.15, -0.1) is 0 Å². The number of methoxy groups -OCH3 is 2. The minimum atomic E-state index is -0.820. The fourth-order valence-electron chi connectivity index (χ4n) is 1.59. The van der Waals surface area contributed by atoms with Gasteiger partial charge in [0.1, 0.15) is 5.54 Å². The van der Waals surface area contributed by atoms with E-state index in [0.717, 1.165) is 5.56 Å². The Morgan fingerprint density at radius 1 is 1.29 bits per heavy atom. The summed E-state index contributed by atoms with van der Waals surface area (Å²) in [6.45, 7) is 2.63. The van der Waals surface area contributed by atoms with E-state index in [9.17, 15) is 4.79 Å². The highest BCUT2D eigenvalue weighted by atomic mass is 16.5. The van der Waals surface area contributed by atoms with Crippen molar-refractivity contribution in [1.82, 2.24) is 5.32 Å². The molecule has 1 unspecified atom stereocenters. The Bertz CT molecular complexity index is 353. The smallest absolute Gasteiger partial charge is 0.328 e. The summed E-state index contributed by atoms with van der Waals surface area (Å²) in [7, 11) is 2.94. The molecule has 1 aromatic rings. The zero-order chi connectivity index (χ0) is 12.7. The quantitative estimate of drug-likeness (QED) is 0.759. The van der Waals surface area contributed by atoms with Crippen LogP contribution in [0, 0.1) is 0 Å². The van der Waals surface area contributed by atoms with Gasteiger partial charge in [-0.2, -0.15) is 0 Å². The van der Waals surface area contributed by atoms with Gasteiger partial charge in [-0.1, -0.05) is 30.3 Å². The molecule has 0 aromatic heterocycles. The van der Waals surface area contributed by atoms with E-state index in [1.807, 2.05) is 30.3 Å². The summed E-state index contributed by atoms with van der Waals surface area (Å²) >= 11 is 0. The molecule has 0 aliphatic rings. The third kappa shape index (κ3) is 3.84. The second kappa shape index (κ2) is 6.37. The number of ether oxygens (including phenoxy) is 2. The number of nitrogens with one attached hydrogen (secondary N) is 1. The molecule has 0 bridgehead atoms. The highest BCUT2D eigenvalue weighted by Gasteiger charge is 2.33. The number of hydrogen-bond acceptors (Lipinski definition) is 4. The van der Waals surface area contributed by atoms with Crippen molar-refractivity contribution in [2.45, 2.75) is 19.0 Å². The second-order valence-corrected chi connectivity index (χ2v) is 4.10. The maximum absolute atomic E-state index is 11.7. The SMILES string of the molecule is COCC(C)(NCc1ccccc1)C(=O)OC. The van der Waals surface area contributed by atoms with Crippen molar-refractivity contribution in [2.75, 3.05) is 20.8 Å². The van der Waals surface area contributed by atoms with Crippen molar-refractivity contribution in [2.24, 2.45) is 0 Å². The van der Waals surface area contributed by atoms with Gasteiger partial charge in [0, 0.05) is 13.7 Å². The van der Waals surface area contributed by atoms with Crippen LogP contribution in [0.25, 0.3) is 0 Å². The molecule has 0 heterocycles. The van der Waals surface area contributed by atoms with Crippen LogP contribution in [0.3, 0.4) is 0 Å². The van der Waals surface area contributed by atoms with Gasteiger partial charge in [-0.3, -0.25) is 5.32 Å². The second-order valence-electron chi connectivity index (χ2n) is 4.10. The summed E-state index contributed by atoms with van der Waals surface area (Å²) in [5, 5.41) is 3.16. The molecule has 4 nitrogen and oxygen atoms in total. The van der Waals surface area contributed by atoms with E-state index in [2.05, 4.69) is 5.32 Å². The lowest BCUT2D eigenvalue weighted by Gasteiger charge is -2.27. The summed E-state index contributed by atoms with van der Waals surface area (Å²) in [4.78, 5) is 11.7. The molecule has 1 rings (SSSR count). The number of carbonyl (C=O) groups is 1.